The van der Waals surface area contributed by atoms with Gasteiger partial charge in [0.05, 0.1) is 11.6 Å². The van der Waals surface area contributed by atoms with E-state index in [1.165, 1.54) is 12.1 Å². The molecule has 0 radical (unpaired) electrons. The van der Waals surface area contributed by atoms with E-state index in [9.17, 15) is 8.42 Å². The Morgan fingerprint density at radius 1 is 1.30 bits per heavy atom. The fourth-order valence-electron chi connectivity index (χ4n) is 1.81. The van der Waals surface area contributed by atoms with E-state index < -0.39 is 10.0 Å². The van der Waals surface area contributed by atoms with Crippen LogP contribution >= 0.6 is 11.6 Å². The van der Waals surface area contributed by atoms with Crippen molar-refractivity contribution in [1.82, 2.24) is 4.72 Å². The van der Waals surface area contributed by atoms with Crippen LogP contribution in [-0.2, 0) is 16.6 Å². The van der Waals surface area contributed by atoms with Crippen LogP contribution in [0.3, 0.4) is 0 Å². The van der Waals surface area contributed by atoms with Gasteiger partial charge in [0.1, 0.15) is 4.90 Å². The van der Waals surface area contributed by atoms with Crippen molar-refractivity contribution >= 4 is 21.6 Å². The third kappa shape index (κ3) is 5.40. The summed E-state index contributed by atoms with van der Waals surface area (Å²) in [7, 11) is -3.62. The Hall–Kier alpha value is -0.620. The molecule has 0 atom stereocenters. The van der Waals surface area contributed by atoms with Crippen LogP contribution in [-0.4, -0.2) is 20.1 Å². The van der Waals surface area contributed by atoms with Crippen LogP contribution in [0.2, 0.25) is 5.02 Å². The average molecular weight is 320 g/mol. The fraction of sp³-hybridized carbons (Fsp3) is 0.571. The standard InChI is InChI=1S/C14H22ClNO3S/c1-11(2)5-3-4-8-16-20(18,19)14-9-12(10-17)6-7-13(14)15/h6-7,9,11,16-17H,3-5,8,10H2,1-2H3. The predicted octanol–water partition coefficient (Wildman–Crippen LogP) is 2.94. The van der Waals surface area contributed by atoms with Crippen molar-refractivity contribution in [2.75, 3.05) is 6.54 Å². The van der Waals surface area contributed by atoms with Crippen molar-refractivity contribution in [3.63, 3.8) is 0 Å². The summed E-state index contributed by atoms with van der Waals surface area (Å²) < 4.78 is 26.8. The molecule has 1 rings (SSSR count). The topological polar surface area (TPSA) is 66.4 Å². The molecule has 0 unspecified atom stereocenters. The highest BCUT2D eigenvalue weighted by Crippen LogP contribution is 2.22. The van der Waals surface area contributed by atoms with E-state index in [-0.39, 0.29) is 16.5 Å². The van der Waals surface area contributed by atoms with Crippen molar-refractivity contribution in [2.45, 2.75) is 44.6 Å². The van der Waals surface area contributed by atoms with Crippen molar-refractivity contribution < 1.29 is 13.5 Å². The quantitative estimate of drug-likeness (QED) is 0.724. The number of sulfonamides is 1. The zero-order chi connectivity index (χ0) is 15.2. The lowest BCUT2D eigenvalue weighted by molar-refractivity contribution is 0.281. The molecule has 0 heterocycles. The van der Waals surface area contributed by atoms with Gasteiger partial charge in [0.2, 0.25) is 10.0 Å². The van der Waals surface area contributed by atoms with Gasteiger partial charge in [-0.15, -0.1) is 0 Å². The van der Waals surface area contributed by atoms with Gasteiger partial charge in [-0.2, -0.15) is 0 Å². The molecule has 0 amide bonds. The Labute approximate surface area is 126 Å². The van der Waals surface area contributed by atoms with Crippen LogP contribution < -0.4 is 4.72 Å². The molecule has 2 N–H and O–H groups in total. The number of aliphatic hydroxyl groups excluding tert-OH is 1. The van der Waals surface area contributed by atoms with Gasteiger partial charge in [-0.3, -0.25) is 0 Å². The number of unbranched alkanes of at least 4 members (excludes halogenated alkanes) is 1. The number of nitrogens with one attached hydrogen (secondary N) is 1. The normalized spacial score (nSPS) is 12.1. The number of benzene rings is 1. The molecule has 0 aliphatic carbocycles. The molecule has 6 heteroatoms. The third-order valence-electron chi connectivity index (χ3n) is 2.97. The van der Waals surface area contributed by atoms with Crippen molar-refractivity contribution in [3.8, 4) is 0 Å². The SMILES string of the molecule is CC(C)CCCCNS(=O)(=O)c1cc(CO)ccc1Cl. The van der Waals surface area contributed by atoms with E-state index in [0.29, 0.717) is 18.0 Å². The molecule has 0 saturated carbocycles. The molecule has 1 aromatic carbocycles. The van der Waals surface area contributed by atoms with Crippen LogP contribution in [0.1, 0.15) is 38.7 Å². The van der Waals surface area contributed by atoms with Crippen LogP contribution in [0.15, 0.2) is 23.1 Å². The molecular weight excluding hydrogens is 298 g/mol. The maximum absolute atomic E-state index is 12.1. The number of aliphatic hydroxyl groups is 1. The van der Waals surface area contributed by atoms with Crippen molar-refractivity contribution in [2.24, 2.45) is 5.92 Å². The summed E-state index contributed by atoms with van der Waals surface area (Å²) in [5.41, 5.74) is 0.523. The zero-order valence-corrected chi connectivity index (χ0v) is 13.5. The molecule has 114 valence electrons. The number of rotatable bonds is 8. The van der Waals surface area contributed by atoms with Gasteiger partial charge in [0, 0.05) is 6.54 Å². The zero-order valence-electron chi connectivity index (χ0n) is 11.9. The van der Waals surface area contributed by atoms with E-state index in [0.717, 1.165) is 19.3 Å². The second-order valence-electron chi connectivity index (χ2n) is 5.21. The van der Waals surface area contributed by atoms with Crippen molar-refractivity contribution in [1.29, 1.82) is 0 Å². The molecule has 0 fully saturated rings. The molecule has 0 saturated heterocycles. The van der Waals surface area contributed by atoms with Gasteiger partial charge < -0.3 is 5.11 Å². The van der Waals surface area contributed by atoms with Crippen LogP contribution in [0, 0.1) is 5.92 Å². The molecular formula is C14H22ClNO3S. The van der Waals surface area contributed by atoms with Gasteiger partial charge >= 0.3 is 0 Å². The Bertz CT molecular complexity index is 529. The van der Waals surface area contributed by atoms with Gasteiger partial charge in [-0.1, -0.05) is 44.4 Å². The van der Waals surface area contributed by atoms with E-state index in [1.54, 1.807) is 6.07 Å². The minimum absolute atomic E-state index is 0.0228. The first-order valence-corrected chi connectivity index (χ1v) is 8.62. The Morgan fingerprint density at radius 2 is 2.00 bits per heavy atom. The van der Waals surface area contributed by atoms with Crippen LogP contribution in [0.25, 0.3) is 0 Å². The first-order valence-electron chi connectivity index (χ1n) is 6.75. The lowest BCUT2D eigenvalue weighted by Crippen LogP contribution is -2.25. The van der Waals surface area contributed by atoms with E-state index in [2.05, 4.69) is 18.6 Å². The Kier molecular flexibility index (Phi) is 6.95. The van der Waals surface area contributed by atoms with Gasteiger partial charge in [-0.05, 0) is 30.0 Å². The van der Waals surface area contributed by atoms with Crippen LogP contribution in [0.5, 0.6) is 0 Å². The molecule has 0 aliphatic rings. The Morgan fingerprint density at radius 3 is 2.60 bits per heavy atom. The largest absolute Gasteiger partial charge is 0.392 e. The summed E-state index contributed by atoms with van der Waals surface area (Å²) in [5.74, 6) is 0.627. The maximum atomic E-state index is 12.1. The molecule has 0 bridgehead atoms. The summed E-state index contributed by atoms with van der Waals surface area (Å²) >= 11 is 5.92. The van der Waals surface area contributed by atoms with Gasteiger partial charge in [0.15, 0.2) is 0 Å². The van der Waals surface area contributed by atoms with E-state index in [1.807, 2.05) is 0 Å². The Balaban J connectivity index is 2.64. The molecule has 4 nitrogen and oxygen atoms in total. The molecule has 0 spiro atoms. The highest BCUT2D eigenvalue weighted by atomic mass is 35.5. The molecule has 0 aromatic heterocycles. The summed E-state index contributed by atoms with van der Waals surface area (Å²) in [6.45, 7) is 4.47. The minimum Gasteiger partial charge on any atom is -0.392 e. The van der Waals surface area contributed by atoms with Gasteiger partial charge in [0.25, 0.3) is 0 Å². The summed E-state index contributed by atoms with van der Waals surface area (Å²) in [5, 5.41) is 9.22. The third-order valence-corrected chi connectivity index (χ3v) is 4.91. The first kappa shape index (κ1) is 17.4. The fourth-order valence-corrected chi connectivity index (χ4v) is 3.44. The highest BCUT2D eigenvalue weighted by Gasteiger charge is 2.17. The molecule has 0 aliphatic heterocycles. The smallest absolute Gasteiger partial charge is 0.242 e. The summed E-state index contributed by atoms with van der Waals surface area (Å²) in [4.78, 5) is 0.0228. The molecule has 1 aromatic rings. The average Bonchev–Trinajstić information content (AvgIpc) is 2.38. The summed E-state index contributed by atoms with van der Waals surface area (Å²) in [6.07, 6.45) is 2.88. The maximum Gasteiger partial charge on any atom is 0.242 e. The number of halogens is 1. The summed E-state index contributed by atoms with van der Waals surface area (Å²) in [6, 6.07) is 4.49. The van der Waals surface area contributed by atoms with E-state index in [4.69, 9.17) is 16.7 Å². The van der Waals surface area contributed by atoms with Crippen LogP contribution in [0.4, 0.5) is 0 Å². The number of hydrogen-bond acceptors (Lipinski definition) is 3. The van der Waals surface area contributed by atoms with Gasteiger partial charge in [-0.25, -0.2) is 13.1 Å². The minimum atomic E-state index is -3.62. The van der Waals surface area contributed by atoms with E-state index >= 15 is 0 Å². The van der Waals surface area contributed by atoms with Crippen molar-refractivity contribution in [3.05, 3.63) is 28.8 Å². The lowest BCUT2D eigenvalue weighted by atomic mass is 10.1. The highest BCUT2D eigenvalue weighted by molar-refractivity contribution is 7.89. The monoisotopic (exact) mass is 319 g/mol. The predicted molar refractivity (Wildman–Crippen MR) is 81.3 cm³/mol. The number of hydrogen-bond donors (Lipinski definition) is 2. The molecule has 20 heavy (non-hydrogen) atoms. The second-order valence-corrected chi connectivity index (χ2v) is 7.35. The second kappa shape index (κ2) is 7.98. The first-order chi connectivity index (χ1) is 9.36. The lowest BCUT2D eigenvalue weighted by Gasteiger charge is -2.10.